The Balaban J connectivity index is 1.42. The van der Waals surface area contributed by atoms with Crippen LogP contribution in [0.15, 0.2) is 83.9 Å². The molecule has 4 N–H and O–H groups in total. The van der Waals surface area contributed by atoms with Crippen LogP contribution < -0.4 is 16.4 Å². The standard InChI is InChI=1S/C27H25ClN4O3S/c28-20-6-3-5-18(14-20)25(32-21-8-11-23-17(15-21)12-13-30-26(23)29)27(33)31-16-19-4-1-2-7-24(19)36(34,35)22-9-10-22/h1-8,11-15,22,25,32H,9-10,16H2,(H2,29,30)(H,31,33). The van der Waals surface area contributed by atoms with Crippen molar-refractivity contribution in [1.29, 1.82) is 0 Å². The number of carbonyl (C=O) groups excluding carboxylic acids is 1. The Morgan fingerprint density at radius 3 is 2.64 bits per heavy atom. The van der Waals surface area contributed by atoms with E-state index in [4.69, 9.17) is 17.3 Å². The first-order valence-electron chi connectivity index (χ1n) is 11.6. The van der Waals surface area contributed by atoms with Crippen LogP contribution in [0, 0.1) is 0 Å². The van der Waals surface area contributed by atoms with Gasteiger partial charge in [-0.15, -0.1) is 0 Å². The van der Waals surface area contributed by atoms with Crippen LogP contribution in [-0.2, 0) is 21.2 Å². The van der Waals surface area contributed by atoms with E-state index < -0.39 is 15.9 Å². The molecule has 3 aromatic carbocycles. The maximum absolute atomic E-state index is 13.5. The maximum Gasteiger partial charge on any atom is 0.247 e. The molecule has 0 saturated heterocycles. The molecule has 1 saturated carbocycles. The van der Waals surface area contributed by atoms with E-state index in [1.165, 1.54) is 0 Å². The van der Waals surface area contributed by atoms with E-state index in [1.54, 1.807) is 48.7 Å². The van der Waals surface area contributed by atoms with Crippen LogP contribution in [0.25, 0.3) is 10.8 Å². The normalized spacial score (nSPS) is 14.4. The molecule has 0 bridgehead atoms. The molecule has 1 unspecified atom stereocenters. The fourth-order valence-corrected chi connectivity index (χ4v) is 6.30. The first kappa shape index (κ1) is 24.1. The Bertz CT molecular complexity index is 1550. The molecule has 0 spiro atoms. The molecule has 1 atom stereocenters. The maximum atomic E-state index is 13.5. The molecule has 36 heavy (non-hydrogen) atoms. The van der Waals surface area contributed by atoms with Crippen molar-refractivity contribution >= 4 is 49.6 Å². The number of hydrogen-bond acceptors (Lipinski definition) is 6. The molecule has 7 nitrogen and oxygen atoms in total. The van der Waals surface area contributed by atoms with Crippen LogP contribution in [0.4, 0.5) is 11.5 Å². The predicted molar refractivity (Wildman–Crippen MR) is 142 cm³/mol. The summed E-state index contributed by atoms with van der Waals surface area (Å²) in [5, 5.41) is 8.09. The van der Waals surface area contributed by atoms with Crippen molar-refractivity contribution in [2.24, 2.45) is 0 Å². The Morgan fingerprint density at radius 2 is 1.86 bits per heavy atom. The number of rotatable bonds is 8. The van der Waals surface area contributed by atoms with Gasteiger partial charge in [-0.2, -0.15) is 0 Å². The summed E-state index contributed by atoms with van der Waals surface area (Å²) in [4.78, 5) is 17.9. The summed E-state index contributed by atoms with van der Waals surface area (Å²) in [6.45, 7) is 0.0830. The van der Waals surface area contributed by atoms with Gasteiger partial charge < -0.3 is 16.4 Å². The minimum Gasteiger partial charge on any atom is -0.383 e. The number of halogens is 1. The smallest absolute Gasteiger partial charge is 0.247 e. The van der Waals surface area contributed by atoms with Crippen molar-refractivity contribution in [3.63, 3.8) is 0 Å². The van der Waals surface area contributed by atoms with Crippen LogP contribution >= 0.6 is 11.6 Å². The van der Waals surface area contributed by atoms with E-state index in [-0.39, 0.29) is 22.6 Å². The molecular weight excluding hydrogens is 496 g/mol. The van der Waals surface area contributed by atoms with Crippen LogP contribution in [0.2, 0.25) is 5.02 Å². The van der Waals surface area contributed by atoms with E-state index in [1.807, 2.05) is 30.3 Å². The number of carbonyl (C=O) groups is 1. The van der Waals surface area contributed by atoms with Crippen molar-refractivity contribution in [2.75, 3.05) is 11.1 Å². The van der Waals surface area contributed by atoms with Gasteiger partial charge in [0, 0.05) is 28.8 Å². The highest BCUT2D eigenvalue weighted by atomic mass is 35.5. The second-order valence-electron chi connectivity index (χ2n) is 8.83. The second kappa shape index (κ2) is 9.79. The summed E-state index contributed by atoms with van der Waals surface area (Å²) < 4.78 is 25.7. The average Bonchev–Trinajstić information content (AvgIpc) is 3.72. The molecule has 5 rings (SSSR count). The van der Waals surface area contributed by atoms with Gasteiger partial charge in [-0.25, -0.2) is 13.4 Å². The number of nitrogen functional groups attached to an aromatic ring is 1. The van der Waals surface area contributed by atoms with E-state index >= 15 is 0 Å². The number of hydrogen-bond donors (Lipinski definition) is 3. The largest absolute Gasteiger partial charge is 0.383 e. The van der Waals surface area contributed by atoms with Gasteiger partial charge in [0.1, 0.15) is 11.9 Å². The van der Waals surface area contributed by atoms with E-state index in [2.05, 4.69) is 15.6 Å². The molecule has 9 heteroatoms. The summed E-state index contributed by atoms with van der Waals surface area (Å²) in [7, 11) is -3.39. The summed E-state index contributed by atoms with van der Waals surface area (Å²) >= 11 is 6.22. The van der Waals surface area contributed by atoms with Crippen LogP contribution in [-0.4, -0.2) is 24.6 Å². The number of nitrogens with one attached hydrogen (secondary N) is 2. The summed E-state index contributed by atoms with van der Waals surface area (Å²) in [6.07, 6.45) is 2.99. The summed E-state index contributed by atoms with van der Waals surface area (Å²) in [6, 6.07) is 20.6. The highest BCUT2D eigenvalue weighted by Crippen LogP contribution is 2.35. The third kappa shape index (κ3) is 5.01. The molecule has 1 heterocycles. The summed E-state index contributed by atoms with van der Waals surface area (Å²) in [5.74, 6) is 0.119. The van der Waals surface area contributed by atoms with Crippen molar-refractivity contribution in [3.8, 4) is 0 Å². The number of nitrogens with zero attached hydrogens (tertiary/aromatic N) is 1. The first-order chi connectivity index (χ1) is 17.3. The number of nitrogens with two attached hydrogens (primary N) is 1. The van der Waals surface area contributed by atoms with Gasteiger partial charge in [0.05, 0.1) is 10.1 Å². The van der Waals surface area contributed by atoms with Gasteiger partial charge in [-0.3, -0.25) is 4.79 Å². The van der Waals surface area contributed by atoms with Crippen molar-refractivity contribution < 1.29 is 13.2 Å². The average molecular weight is 521 g/mol. The van der Waals surface area contributed by atoms with E-state index in [0.29, 0.717) is 40.5 Å². The minimum absolute atomic E-state index is 0.0830. The second-order valence-corrected chi connectivity index (χ2v) is 11.5. The van der Waals surface area contributed by atoms with Gasteiger partial charge in [-0.1, -0.05) is 41.9 Å². The Labute approximate surface area is 214 Å². The molecule has 1 fully saturated rings. The number of pyridine rings is 1. The third-order valence-corrected chi connectivity index (χ3v) is 8.84. The molecule has 4 aromatic rings. The van der Waals surface area contributed by atoms with Gasteiger partial charge in [0.2, 0.25) is 5.91 Å². The SMILES string of the molecule is Nc1nccc2cc(NC(C(=O)NCc3ccccc3S(=O)(=O)C3CC3)c3cccc(Cl)c3)ccc12. The predicted octanol–water partition coefficient (Wildman–Crippen LogP) is 4.88. The topological polar surface area (TPSA) is 114 Å². The van der Waals surface area contributed by atoms with Crippen LogP contribution in [0.3, 0.4) is 0 Å². The lowest BCUT2D eigenvalue weighted by Gasteiger charge is -2.21. The van der Waals surface area contributed by atoms with Gasteiger partial charge >= 0.3 is 0 Å². The fraction of sp³-hybridized carbons (Fsp3) is 0.185. The number of fused-ring (bicyclic) bond motifs is 1. The Kier molecular flexibility index (Phi) is 6.55. The van der Waals surface area contributed by atoms with Gasteiger partial charge in [0.25, 0.3) is 0 Å². The van der Waals surface area contributed by atoms with Crippen LogP contribution in [0.1, 0.15) is 30.0 Å². The van der Waals surface area contributed by atoms with Crippen LogP contribution in [0.5, 0.6) is 0 Å². The van der Waals surface area contributed by atoms with Crippen molar-refractivity contribution in [2.45, 2.75) is 35.6 Å². The van der Waals surface area contributed by atoms with Gasteiger partial charge in [0.15, 0.2) is 9.84 Å². The molecule has 184 valence electrons. The fourth-order valence-electron chi connectivity index (χ4n) is 4.21. The summed E-state index contributed by atoms with van der Waals surface area (Å²) in [5.41, 5.74) is 7.92. The number of amides is 1. The quantitative estimate of drug-likeness (QED) is 0.305. The van der Waals surface area contributed by atoms with E-state index in [0.717, 1.165) is 10.8 Å². The lowest BCUT2D eigenvalue weighted by Crippen LogP contribution is -2.33. The number of sulfone groups is 1. The third-order valence-electron chi connectivity index (χ3n) is 6.25. The lowest BCUT2D eigenvalue weighted by molar-refractivity contribution is -0.122. The molecule has 1 aliphatic rings. The zero-order valence-corrected chi connectivity index (χ0v) is 20.9. The monoisotopic (exact) mass is 520 g/mol. The molecule has 1 amide bonds. The number of anilines is 2. The molecule has 1 aliphatic carbocycles. The molecule has 0 aliphatic heterocycles. The van der Waals surface area contributed by atoms with Gasteiger partial charge in [-0.05, 0) is 71.8 Å². The number of aromatic nitrogens is 1. The minimum atomic E-state index is -3.39. The number of benzene rings is 3. The zero-order chi connectivity index (χ0) is 25.3. The van der Waals surface area contributed by atoms with Crippen molar-refractivity contribution in [1.82, 2.24) is 10.3 Å². The Morgan fingerprint density at radius 1 is 1.06 bits per heavy atom. The van der Waals surface area contributed by atoms with Crippen molar-refractivity contribution in [3.05, 3.63) is 95.1 Å². The molecular formula is C27H25ClN4O3S. The lowest BCUT2D eigenvalue weighted by atomic mass is 10.0. The zero-order valence-electron chi connectivity index (χ0n) is 19.3. The molecule has 1 aromatic heterocycles. The highest BCUT2D eigenvalue weighted by Gasteiger charge is 2.38. The highest BCUT2D eigenvalue weighted by molar-refractivity contribution is 7.92. The first-order valence-corrected chi connectivity index (χ1v) is 13.5. The molecule has 0 radical (unpaired) electrons. The van der Waals surface area contributed by atoms with E-state index in [9.17, 15) is 13.2 Å². The Hall–Kier alpha value is -3.62.